The lowest BCUT2D eigenvalue weighted by atomic mass is 9.85. The fraction of sp³-hybridized carbons (Fsp3) is 0.462. The van der Waals surface area contributed by atoms with E-state index in [9.17, 15) is 14.7 Å². The lowest BCUT2D eigenvalue weighted by Gasteiger charge is -2.28. The smallest absolute Gasteiger partial charge is 0.320 e. The maximum atomic E-state index is 13.6. The van der Waals surface area contributed by atoms with E-state index in [2.05, 4.69) is 5.32 Å². The number of ether oxygens (including phenoxy) is 1. The third-order valence-electron chi connectivity index (χ3n) is 6.73. The van der Waals surface area contributed by atoms with E-state index in [0.29, 0.717) is 36.0 Å². The van der Waals surface area contributed by atoms with Crippen LogP contribution in [0.25, 0.3) is 0 Å². The molecule has 1 aliphatic carbocycles. The summed E-state index contributed by atoms with van der Waals surface area (Å²) in [7, 11) is 0. The van der Waals surface area contributed by atoms with Crippen LogP contribution in [0.5, 0.6) is 5.75 Å². The Labute approximate surface area is 194 Å². The van der Waals surface area contributed by atoms with Crippen molar-refractivity contribution in [3.8, 4) is 5.75 Å². The van der Waals surface area contributed by atoms with Gasteiger partial charge in [-0.25, -0.2) is 0 Å². The number of nitrogens with one attached hydrogen (secondary N) is 1. The van der Waals surface area contributed by atoms with E-state index >= 15 is 0 Å². The molecule has 1 heterocycles. The number of rotatable bonds is 8. The van der Waals surface area contributed by atoms with E-state index in [4.69, 9.17) is 10.5 Å². The highest BCUT2D eigenvalue weighted by Gasteiger charge is 2.34. The first-order chi connectivity index (χ1) is 16.0. The van der Waals surface area contributed by atoms with Crippen LogP contribution in [-0.2, 0) is 16.1 Å². The average Bonchev–Trinajstić information content (AvgIpc) is 2.95. The Bertz CT molecular complexity index is 956. The van der Waals surface area contributed by atoms with Gasteiger partial charge in [-0.1, -0.05) is 56.4 Å². The van der Waals surface area contributed by atoms with Crippen LogP contribution in [-0.4, -0.2) is 35.7 Å². The molecule has 4 N–H and O–H groups in total. The highest BCUT2D eigenvalue weighted by Crippen LogP contribution is 2.33. The van der Waals surface area contributed by atoms with E-state index < -0.39 is 18.1 Å². The summed E-state index contributed by atoms with van der Waals surface area (Å²) >= 11 is 0. The fourth-order valence-corrected chi connectivity index (χ4v) is 4.84. The number of fused-ring (bicyclic) bond motifs is 1. The summed E-state index contributed by atoms with van der Waals surface area (Å²) in [5.41, 5.74) is 8.08. The molecule has 0 bridgehead atoms. The van der Waals surface area contributed by atoms with Crippen LogP contribution in [0, 0.1) is 5.92 Å². The summed E-state index contributed by atoms with van der Waals surface area (Å²) in [5.74, 6) is 0.0700. The number of carboxylic acid groups (broad SMARTS) is 1. The molecule has 33 heavy (non-hydrogen) atoms. The molecule has 0 aromatic heterocycles. The number of aliphatic carboxylic acids is 1. The zero-order chi connectivity index (χ0) is 23.2. The first-order valence-corrected chi connectivity index (χ1v) is 11.9. The maximum absolute atomic E-state index is 13.6. The molecule has 1 aliphatic heterocycles. The summed E-state index contributed by atoms with van der Waals surface area (Å²) in [5, 5.41) is 13.0. The number of nitrogens with two attached hydrogens (primary N) is 1. The van der Waals surface area contributed by atoms with Crippen LogP contribution >= 0.6 is 0 Å². The largest absolute Gasteiger partial charge is 0.489 e. The van der Waals surface area contributed by atoms with Crippen molar-refractivity contribution >= 4 is 23.3 Å². The van der Waals surface area contributed by atoms with E-state index in [1.807, 2.05) is 48.5 Å². The SMILES string of the molecule is Nc1ccc(CN2C(=O)[C@@H](N[C@@H](CCC3CCCCC3)C(=O)O)COc3ccccc32)cc1. The molecule has 2 aromatic rings. The molecule has 0 spiro atoms. The minimum atomic E-state index is -0.926. The standard InChI is InChI=1S/C26H33N3O4/c27-20-13-10-19(11-14-20)16-29-23-8-4-5-9-24(23)33-17-22(25(29)30)28-21(26(31)32)15-12-18-6-2-1-3-7-18/h4-5,8-11,13-14,18,21-22,28H,1-3,6-7,12,15-17,27H2,(H,31,32)/t21-,22-/m0/s1. The number of benzene rings is 2. The number of amides is 1. The monoisotopic (exact) mass is 451 g/mol. The maximum Gasteiger partial charge on any atom is 0.320 e. The summed E-state index contributed by atoms with van der Waals surface area (Å²) in [6.07, 6.45) is 7.43. The lowest BCUT2D eigenvalue weighted by molar-refractivity contribution is -0.140. The van der Waals surface area contributed by atoms with Gasteiger partial charge in [0.2, 0.25) is 5.91 Å². The van der Waals surface area contributed by atoms with Crippen molar-refractivity contribution in [3.05, 3.63) is 54.1 Å². The van der Waals surface area contributed by atoms with Gasteiger partial charge in [-0.05, 0) is 48.6 Å². The van der Waals surface area contributed by atoms with Gasteiger partial charge >= 0.3 is 5.97 Å². The molecule has 7 heteroatoms. The third-order valence-corrected chi connectivity index (χ3v) is 6.73. The van der Waals surface area contributed by atoms with Crippen molar-refractivity contribution in [2.45, 2.75) is 63.6 Å². The number of anilines is 2. The van der Waals surface area contributed by atoms with Crippen LogP contribution in [0.15, 0.2) is 48.5 Å². The van der Waals surface area contributed by atoms with Gasteiger partial charge in [0, 0.05) is 5.69 Å². The second kappa shape index (κ2) is 10.7. The van der Waals surface area contributed by atoms with Gasteiger partial charge in [-0.2, -0.15) is 0 Å². The molecular weight excluding hydrogens is 418 g/mol. The first-order valence-electron chi connectivity index (χ1n) is 11.9. The highest BCUT2D eigenvalue weighted by molar-refractivity contribution is 5.99. The molecule has 176 valence electrons. The van der Waals surface area contributed by atoms with Gasteiger partial charge in [0.25, 0.3) is 0 Å². The van der Waals surface area contributed by atoms with Crippen LogP contribution in [0.1, 0.15) is 50.5 Å². The second-order valence-corrected chi connectivity index (χ2v) is 9.14. The molecule has 1 fully saturated rings. The number of nitrogen functional groups attached to an aromatic ring is 1. The number of hydrogen-bond donors (Lipinski definition) is 3. The number of carboxylic acids is 1. The Kier molecular flexibility index (Phi) is 7.50. The van der Waals surface area contributed by atoms with E-state index in [-0.39, 0.29) is 12.5 Å². The highest BCUT2D eigenvalue weighted by atomic mass is 16.5. The van der Waals surface area contributed by atoms with Gasteiger partial charge < -0.3 is 20.5 Å². The second-order valence-electron chi connectivity index (χ2n) is 9.14. The number of para-hydroxylation sites is 2. The lowest BCUT2D eigenvalue weighted by Crippen LogP contribution is -2.53. The zero-order valence-corrected chi connectivity index (χ0v) is 18.9. The van der Waals surface area contributed by atoms with Gasteiger partial charge in [-0.15, -0.1) is 0 Å². The van der Waals surface area contributed by atoms with Crippen LogP contribution < -0.4 is 20.7 Å². The number of nitrogens with zero attached hydrogens (tertiary/aromatic N) is 1. The molecular formula is C26H33N3O4. The molecule has 1 saturated carbocycles. The van der Waals surface area contributed by atoms with E-state index in [1.165, 1.54) is 32.1 Å². The molecule has 4 rings (SSSR count). The molecule has 1 amide bonds. The predicted octanol–water partition coefficient (Wildman–Crippen LogP) is 3.97. The molecule has 2 aliphatic rings. The molecule has 0 saturated heterocycles. The Morgan fingerprint density at radius 3 is 2.58 bits per heavy atom. The van der Waals surface area contributed by atoms with Crippen molar-refractivity contribution in [2.24, 2.45) is 5.92 Å². The summed E-state index contributed by atoms with van der Waals surface area (Å²) in [4.78, 5) is 27.3. The van der Waals surface area contributed by atoms with Gasteiger partial charge in [0.05, 0.1) is 12.2 Å². The molecule has 2 aromatic carbocycles. The number of carbonyl (C=O) groups excluding carboxylic acids is 1. The van der Waals surface area contributed by atoms with Crippen molar-refractivity contribution < 1.29 is 19.4 Å². The summed E-state index contributed by atoms with van der Waals surface area (Å²) in [6.45, 7) is 0.429. The minimum Gasteiger partial charge on any atom is -0.489 e. The van der Waals surface area contributed by atoms with Crippen molar-refractivity contribution in [1.82, 2.24) is 5.32 Å². The summed E-state index contributed by atoms with van der Waals surface area (Å²) < 4.78 is 5.96. The van der Waals surface area contributed by atoms with Crippen molar-refractivity contribution in [1.29, 1.82) is 0 Å². The van der Waals surface area contributed by atoms with Crippen LogP contribution in [0.4, 0.5) is 11.4 Å². The van der Waals surface area contributed by atoms with Gasteiger partial charge in [0.15, 0.2) is 0 Å². The van der Waals surface area contributed by atoms with Crippen molar-refractivity contribution in [3.63, 3.8) is 0 Å². The Morgan fingerprint density at radius 1 is 1.12 bits per heavy atom. The topological polar surface area (TPSA) is 105 Å². The zero-order valence-electron chi connectivity index (χ0n) is 18.9. The van der Waals surface area contributed by atoms with Crippen LogP contribution in [0.2, 0.25) is 0 Å². The molecule has 0 radical (unpaired) electrons. The number of carbonyl (C=O) groups is 2. The average molecular weight is 452 g/mol. The molecule has 2 atom stereocenters. The Hall–Kier alpha value is -3.06. The minimum absolute atomic E-state index is 0.0846. The quantitative estimate of drug-likeness (QED) is 0.525. The first kappa shape index (κ1) is 23.1. The fourth-order valence-electron chi connectivity index (χ4n) is 4.84. The Morgan fingerprint density at radius 2 is 1.85 bits per heavy atom. The normalized spacial score (nSPS) is 19.9. The van der Waals surface area contributed by atoms with E-state index in [0.717, 1.165) is 12.0 Å². The Balaban J connectivity index is 1.51. The van der Waals surface area contributed by atoms with Crippen molar-refractivity contribution in [2.75, 3.05) is 17.2 Å². The van der Waals surface area contributed by atoms with Gasteiger partial charge in [0.1, 0.15) is 24.4 Å². The molecule has 7 nitrogen and oxygen atoms in total. The molecule has 0 unspecified atom stereocenters. The van der Waals surface area contributed by atoms with E-state index in [1.54, 1.807) is 4.90 Å². The summed E-state index contributed by atoms with van der Waals surface area (Å²) in [6, 6.07) is 13.3. The third kappa shape index (κ3) is 5.85. The number of hydrogen-bond acceptors (Lipinski definition) is 5. The van der Waals surface area contributed by atoms with Crippen LogP contribution in [0.3, 0.4) is 0 Å². The predicted molar refractivity (Wildman–Crippen MR) is 128 cm³/mol. The van der Waals surface area contributed by atoms with Gasteiger partial charge in [-0.3, -0.25) is 14.9 Å².